The van der Waals surface area contributed by atoms with Crippen molar-refractivity contribution < 1.29 is 5.11 Å². The summed E-state index contributed by atoms with van der Waals surface area (Å²) in [5, 5.41) is 19.4. The summed E-state index contributed by atoms with van der Waals surface area (Å²) in [5.74, 6) is 1.85. The Hall–Kier alpha value is -4.16. The Morgan fingerprint density at radius 2 is 1.54 bits per heavy atom. The highest BCUT2D eigenvalue weighted by Crippen LogP contribution is 2.30. The fraction of sp³-hybridized carbons (Fsp3) is 0.0690. The molecule has 172 valence electrons. The maximum absolute atomic E-state index is 9.43. The molecule has 0 aliphatic rings. The predicted octanol–water partition coefficient (Wildman–Crippen LogP) is 6.99. The van der Waals surface area contributed by atoms with Gasteiger partial charge in [-0.1, -0.05) is 59.8 Å². The van der Waals surface area contributed by atoms with Crippen molar-refractivity contribution in [1.29, 1.82) is 0 Å². The zero-order chi connectivity index (χ0) is 24.0. The van der Waals surface area contributed by atoms with Gasteiger partial charge < -0.3 is 5.11 Å². The Kier molecular flexibility index (Phi) is 6.73. The van der Waals surface area contributed by atoms with Crippen LogP contribution in [0.4, 0.5) is 5.69 Å². The molecule has 1 aromatic heterocycles. The van der Waals surface area contributed by atoms with E-state index in [0.29, 0.717) is 0 Å². The lowest BCUT2D eigenvalue weighted by Crippen LogP contribution is -2.00. The van der Waals surface area contributed by atoms with E-state index in [4.69, 9.17) is 0 Å². The number of hydrogen-bond acceptors (Lipinski definition) is 5. The van der Waals surface area contributed by atoms with Gasteiger partial charge in [-0.3, -0.25) is 9.56 Å². The first-order valence-electron chi connectivity index (χ1n) is 11.3. The molecule has 0 saturated carbocycles. The smallest absolute Gasteiger partial charge is 0.196 e. The summed E-state index contributed by atoms with van der Waals surface area (Å²) >= 11 is 1.67. The standard InChI is InChI=1S/C29H24N4OS/c1-21-7-15-26(16-8-21)33-28(31-32-29(33)35-20-23-5-3-2-4-6-23)24-11-13-25(14-12-24)30-19-22-9-17-27(34)18-10-22/h2-19,34H,20H2,1H3. The van der Waals surface area contributed by atoms with Crippen molar-refractivity contribution in [2.45, 2.75) is 17.8 Å². The largest absolute Gasteiger partial charge is 0.508 e. The monoisotopic (exact) mass is 476 g/mol. The Bertz CT molecular complexity index is 1430. The van der Waals surface area contributed by atoms with Crippen molar-refractivity contribution in [2.75, 3.05) is 0 Å². The van der Waals surface area contributed by atoms with Gasteiger partial charge in [-0.2, -0.15) is 0 Å². The van der Waals surface area contributed by atoms with E-state index in [2.05, 4.69) is 75.2 Å². The molecular formula is C29H24N4OS. The highest BCUT2D eigenvalue weighted by molar-refractivity contribution is 7.98. The van der Waals surface area contributed by atoms with Crippen molar-refractivity contribution in [2.24, 2.45) is 4.99 Å². The first-order chi connectivity index (χ1) is 17.2. The molecule has 0 saturated heterocycles. The molecule has 0 atom stereocenters. The van der Waals surface area contributed by atoms with Crippen LogP contribution < -0.4 is 0 Å². The van der Waals surface area contributed by atoms with Crippen LogP contribution in [0.1, 0.15) is 16.7 Å². The van der Waals surface area contributed by atoms with Crippen LogP contribution in [0.15, 0.2) is 113 Å². The lowest BCUT2D eigenvalue weighted by atomic mass is 10.1. The second-order valence-electron chi connectivity index (χ2n) is 8.15. The van der Waals surface area contributed by atoms with Crippen molar-refractivity contribution in [3.05, 3.63) is 120 Å². The summed E-state index contributed by atoms with van der Waals surface area (Å²) in [7, 11) is 0. The molecule has 5 rings (SSSR count). The lowest BCUT2D eigenvalue weighted by Gasteiger charge is -2.11. The van der Waals surface area contributed by atoms with E-state index >= 15 is 0 Å². The van der Waals surface area contributed by atoms with E-state index in [1.807, 2.05) is 42.5 Å². The normalized spacial score (nSPS) is 11.2. The lowest BCUT2D eigenvalue weighted by molar-refractivity contribution is 0.475. The molecule has 35 heavy (non-hydrogen) atoms. The number of hydrogen-bond donors (Lipinski definition) is 1. The summed E-state index contributed by atoms with van der Waals surface area (Å²) in [5.41, 5.74) is 6.20. The number of phenols is 1. The minimum absolute atomic E-state index is 0.241. The number of aliphatic imine (C=N–C) groups is 1. The molecule has 0 fully saturated rings. The minimum Gasteiger partial charge on any atom is -0.508 e. The van der Waals surface area contributed by atoms with Gasteiger partial charge in [-0.25, -0.2) is 0 Å². The fourth-order valence-electron chi connectivity index (χ4n) is 3.61. The number of nitrogens with zero attached hydrogens (tertiary/aromatic N) is 4. The molecule has 1 N–H and O–H groups in total. The summed E-state index contributed by atoms with van der Waals surface area (Å²) in [6.07, 6.45) is 1.78. The van der Waals surface area contributed by atoms with Crippen LogP contribution in [-0.4, -0.2) is 26.1 Å². The summed E-state index contributed by atoms with van der Waals surface area (Å²) in [6, 6.07) is 33.7. The number of benzene rings is 4. The first-order valence-corrected chi connectivity index (χ1v) is 12.3. The molecule has 4 aromatic carbocycles. The van der Waals surface area contributed by atoms with E-state index < -0.39 is 0 Å². The molecule has 1 heterocycles. The van der Waals surface area contributed by atoms with Crippen LogP contribution in [-0.2, 0) is 5.75 Å². The van der Waals surface area contributed by atoms with Gasteiger partial charge in [0.05, 0.1) is 5.69 Å². The number of thioether (sulfide) groups is 1. The summed E-state index contributed by atoms with van der Waals surface area (Å²) < 4.78 is 2.11. The topological polar surface area (TPSA) is 63.3 Å². The van der Waals surface area contributed by atoms with Gasteiger partial charge in [-0.15, -0.1) is 10.2 Å². The predicted molar refractivity (Wildman–Crippen MR) is 143 cm³/mol. The van der Waals surface area contributed by atoms with Gasteiger partial charge in [-0.05, 0) is 78.7 Å². The summed E-state index contributed by atoms with van der Waals surface area (Å²) in [6.45, 7) is 2.08. The highest BCUT2D eigenvalue weighted by atomic mass is 32.2. The average molecular weight is 477 g/mol. The Labute approximate surface area is 208 Å². The number of phenolic OH excluding ortho intramolecular Hbond substituents is 1. The third-order valence-corrected chi connectivity index (χ3v) is 6.52. The second kappa shape index (κ2) is 10.4. The fourth-order valence-corrected chi connectivity index (χ4v) is 4.51. The SMILES string of the molecule is Cc1ccc(-n2c(SCc3ccccc3)nnc2-c2ccc(N=Cc3ccc(O)cc3)cc2)cc1. The molecule has 0 aliphatic carbocycles. The molecule has 0 amide bonds. The van der Waals surface area contributed by atoms with Crippen LogP contribution >= 0.6 is 11.8 Å². The van der Waals surface area contributed by atoms with Crippen LogP contribution in [0, 0.1) is 6.92 Å². The van der Waals surface area contributed by atoms with Crippen LogP contribution in [0.25, 0.3) is 17.1 Å². The zero-order valence-electron chi connectivity index (χ0n) is 19.2. The van der Waals surface area contributed by atoms with E-state index in [0.717, 1.165) is 39.2 Å². The van der Waals surface area contributed by atoms with Gasteiger partial charge >= 0.3 is 0 Å². The highest BCUT2D eigenvalue weighted by Gasteiger charge is 2.16. The van der Waals surface area contributed by atoms with Gasteiger partial charge in [0.2, 0.25) is 0 Å². The first kappa shape index (κ1) is 22.6. The Balaban J connectivity index is 1.43. The number of aryl methyl sites for hydroxylation is 1. The molecule has 0 aliphatic heterocycles. The third-order valence-electron chi connectivity index (χ3n) is 5.52. The molecule has 6 heteroatoms. The molecule has 5 nitrogen and oxygen atoms in total. The van der Waals surface area contributed by atoms with Crippen LogP contribution in [0.2, 0.25) is 0 Å². The van der Waals surface area contributed by atoms with Gasteiger partial charge in [0, 0.05) is 23.2 Å². The molecule has 0 unspecified atom stereocenters. The van der Waals surface area contributed by atoms with Gasteiger partial charge in [0.15, 0.2) is 11.0 Å². The maximum Gasteiger partial charge on any atom is 0.196 e. The van der Waals surface area contributed by atoms with Crippen molar-refractivity contribution in [3.63, 3.8) is 0 Å². The number of aromatic nitrogens is 3. The van der Waals surface area contributed by atoms with Crippen molar-refractivity contribution in [1.82, 2.24) is 14.8 Å². The molecular weight excluding hydrogens is 452 g/mol. The van der Waals surface area contributed by atoms with Crippen molar-refractivity contribution >= 4 is 23.7 Å². The van der Waals surface area contributed by atoms with Crippen LogP contribution in [0.3, 0.4) is 0 Å². The number of aromatic hydroxyl groups is 1. The van der Waals surface area contributed by atoms with E-state index in [9.17, 15) is 5.11 Å². The van der Waals surface area contributed by atoms with Crippen LogP contribution in [0.5, 0.6) is 5.75 Å². The zero-order valence-corrected chi connectivity index (χ0v) is 20.1. The minimum atomic E-state index is 0.241. The third kappa shape index (κ3) is 5.50. The Morgan fingerprint density at radius 3 is 2.26 bits per heavy atom. The molecule has 5 aromatic rings. The molecule has 0 bridgehead atoms. The van der Waals surface area contributed by atoms with Gasteiger partial charge in [0.1, 0.15) is 5.75 Å². The molecule has 0 radical (unpaired) electrons. The van der Waals surface area contributed by atoms with Crippen molar-refractivity contribution in [3.8, 4) is 22.8 Å². The van der Waals surface area contributed by atoms with E-state index in [-0.39, 0.29) is 5.75 Å². The molecule has 0 spiro atoms. The second-order valence-corrected chi connectivity index (χ2v) is 9.09. The van der Waals surface area contributed by atoms with E-state index in [1.54, 1.807) is 30.1 Å². The summed E-state index contributed by atoms with van der Waals surface area (Å²) in [4.78, 5) is 4.55. The number of rotatable bonds is 7. The Morgan fingerprint density at radius 1 is 0.829 bits per heavy atom. The van der Waals surface area contributed by atoms with E-state index in [1.165, 1.54) is 11.1 Å². The maximum atomic E-state index is 9.43. The average Bonchev–Trinajstić information content (AvgIpc) is 3.32. The van der Waals surface area contributed by atoms with Gasteiger partial charge in [0.25, 0.3) is 0 Å². The quantitative estimate of drug-likeness (QED) is 0.203.